The van der Waals surface area contributed by atoms with E-state index in [1.807, 2.05) is 7.05 Å². The molecule has 2 aromatic carbocycles. The van der Waals surface area contributed by atoms with E-state index >= 15 is 0 Å². The molecule has 0 aromatic heterocycles. The zero-order valence-corrected chi connectivity index (χ0v) is 18.5. The van der Waals surface area contributed by atoms with Crippen molar-refractivity contribution >= 4 is 27.6 Å². The van der Waals surface area contributed by atoms with E-state index in [0.717, 1.165) is 43.0 Å². The molecule has 0 radical (unpaired) electrons. The van der Waals surface area contributed by atoms with Crippen LogP contribution in [-0.4, -0.2) is 51.1 Å². The van der Waals surface area contributed by atoms with Crippen LogP contribution in [0.1, 0.15) is 17.5 Å². The number of guanidine groups is 1. The molecule has 5 nitrogen and oxygen atoms in total. The van der Waals surface area contributed by atoms with E-state index in [1.165, 1.54) is 16.8 Å². The van der Waals surface area contributed by atoms with Gasteiger partial charge in [0.1, 0.15) is 0 Å². The van der Waals surface area contributed by atoms with E-state index in [4.69, 9.17) is 0 Å². The topological polar surface area (TPSA) is 42.9 Å². The Hall–Kier alpha value is -2.05. The minimum absolute atomic E-state index is 0.395. The second-order valence-electron chi connectivity index (χ2n) is 7.48. The molecule has 150 valence electrons. The average molecular weight is 444 g/mol. The van der Waals surface area contributed by atoms with Gasteiger partial charge in [-0.25, -0.2) is 0 Å². The fourth-order valence-corrected chi connectivity index (χ4v) is 3.82. The van der Waals surface area contributed by atoms with Gasteiger partial charge in [0.15, 0.2) is 5.96 Å². The van der Waals surface area contributed by atoms with E-state index in [1.54, 1.807) is 0 Å². The quantitative estimate of drug-likeness (QED) is 0.529. The number of anilines is 1. The highest BCUT2D eigenvalue weighted by Crippen LogP contribution is 2.22. The van der Waals surface area contributed by atoms with E-state index in [9.17, 15) is 0 Å². The Morgan fingerprint density at radius 2 is 1.86 bits per heavy atom. The van der Waals surface area contributed by atoms with Crippen LogP contribution in [0.25, 0.3) is 0 Å². The fraction of sp³-hybridized carbons (Fsp3) is 0.409. The minimum atomic E-state index is 0.395. The van der Waals surface area contributed by atoms with Crippen molar-refractivity contribution in [2.24, 2.45) is 4.99 Å². The number of hydrogen-bond donors (Lipinski definition) is 2. The van der Waals surface area contributed by atoms with Crippen LogP contribution in [0, 0.1) is 0 Å². The summed E-state index contributed by atoms with van der Waals surface area (Å²) in [5.74, 6) is 0.863. The molecular weight excluding hydrogens is 414 g/mol. The number of benzene rings is 2. The van der Waals surface area contributed by atoms with Crippen LogP contribution in [0.2, 0.25) is 0 Å². The maximum Gasteiger partial charge on any atom is 0.191 e. The molecule has 1 aliphatic rings. The number of hydrogen-bond acceptors (Lipinski definition) is 3. The summed E-state index contributed by atoms with van der Waals surface area (Å²) >= 11 is 3.50. The van der Waals surface area contributed by atoms with Crippen LogP contribution >= 0.6 is 15.9 Å². The molecule has 2 aromatic rings. The molecule has 1 saturated heterocycles. The second-order valence-corrected chi connectivity index (χ2v) is 8.40. The predicted octanol–water partition coefficient (Wildman–Crippen LogP) is 3.45. The number of nitrogens with one attached hydrogen (secondary N) is 2. The van der Waals surface area contributed by atoms with E-state index in [-0.39, 0.29) is 0 Å². The summed E-state index contributed by atoms with van der Waals surface area (Å²) in [4.78, 5) is 9.04. The Morgan fingerprint density at radius 1 is 1.14 bits per heavy atom. The summed E-state index contributed by atoms with van der Waals surface area (Å²) in [6.07, 6.45) is 1.11. The molecule has 1 unspecified atom stereocenters. The minimum Gasteiger partial charge on any atom is -0.369 e. The fourth-order valence-electron chi connectivity index (χ4n) is 3.56. The highest BCUT2D eigenvalue weighted by molar-refractivity contribution is 9.10. The lowest BCUT2D eigenvalue weighted by atomic mass is 10.1. The summed E-state index contributed by atoms with van der Waals surface area (Å²) < 4.78 is 1.12. The van der Waals surface area contributed by atoms with Crippen molar-refractivity contribution in [1.29, 1.82) is 0 Å². The zero-order chi connectivity index (χ0) is 19.9. The van der Waals surface area contributed by atoms with Gasteiger partial charge in [0.05, 0.1) is 0 Å². The summed E-state index contributed by atoms with van der Waals surface area (Å²) in [7, 11) is 6.03. The van der Waals surface area contributed by atoms with Gasteiger partial charge in [-0.3, -0.25) is 4.99 Å². The van der Waals surface area contributed by atoms with Gasteiger partial charge in [-0.1, -0.05) is 40.2 Å². The molecule has 0 saturated carbocycles. The number of halogens is 1. The lowest BCUT2D eigenvalue weighted by molar-refractivity contribution is 0.400. The Bertz CT molecular complexity index is 788. The van der Waals surface area contributed by atoms with Gasteiger partial charge in [-0.15, -0.1) is 0 Å². The molecule has 2 N–H and O–H groups in total. The van der Waals surface area contributed by atoms with Crippen LogP contribution in [-0.2, 0) is 13.1 Å². The first kappa shape index (κ1) is 20.7. The Balaban J connectivity index is 1.54. The van der Waals surface area contributed by atoms with Crippen LogP contribution in [0.4, 0.5) is 5.69 Å². The summed E-state index contributed by atoms with van der Waals surface area (Å²) in [6.45, 7) is 3.75. The molecule has 0 spiro atoms. The van der Waals surface area contributed by atoms with Gasteiger partial charge in [0.25, 0.3) is 0 Å². The number of aliphatic imine (C=N–C) groups is 1. The third kappa shape index (κ3) is 5.72. The van der Waals surface area contributed by atoms with Gasteiger partial charge >= 0.3 is 0 Å². The molecular formula is C22H30BrN5. The summed E-state index contributed by atoms with van der Waals surface area (Å²) in [5, 5.41) is 7.07. The van der Waals surface area contributed by atoms with Crippen molar-refractivity contribution in [2.45, 2.75) is 25.6 Å². The molecule has 1 atom stereocenters. The average Bonchev–Trinajstić information content (AvgIpc) is 3.15. The molecule has 0 bridgehead atoms. The van der Waals surface area contributed by atoms with Crippen molar-refractivity contribution in [1.82, 2.24) is 15.5 Å². The monoisotopic (exact) mass is 443 g/mol. The van der Waals surface area contributed by atoms with Gasteiger partial charge in [-0.2, -0.15) is 0 Å². The molecule has 6 heteroatoms. The SMILES string of the molecule is CN=C(NCc1ccccc1CN(C)C)NC1CCN(c2ccc(Br)cc2)C1. The number of nitrogens with zero attached hydrogens (tertiary/aromatic N) is 3. The first-order valence-corrected chi connectivity index (χ1v) is 10.5. The smallest absolute Gasteiger partial charge is 0.191 e. The molecule has 3 rings (SSSR count). The molecule has 28 heavy (non-hydrogen) atoms. The van der Waals surface area contributed by atoms with Crippen LogP contribution < -0.4 is 15.5 Å². The van der Waals surface area contributed by atoms with Crippen LogP contribution in [0.5, 0.6) is 0 Å². The Kier molecular flexibility index (Phi) is 7.34. The molecule has 1 heterocycles. The second kappa shape index (κ2) is 9.94. The van der Waals surface area contributed by atoms with Gasteiger partial charge in [0.2, 0.25) is 0 Å². The van der Waals surface area contributed by atoms with E-state index in [0.29, 0.717) is 6.04 Å². The van der Waals surface area contributed by atoms with Crippen LogP contribution in [0.3, 0.4) is 0 Å². The highest BCUT2D eigenvalue weighted by Gasteiger charge is 2.23. The van der Waals surface area contributed by atoms with Crippen molar-refractivity contribution in [3.63, 3.8) is 0 Å². The Morgan fingerprint density at radius 3 is 2.54 bits per heavy atom. The maximum atomic E-state index is 4.43. The third-order valence-electron chi connectivity index (χ3n) is 5.00. The molecule has 0 amide bonds. The molecule has 1 aliphatic heterocycles. The zero-order valence-electron chi connectivity index (χ0n) is 17.0. The maximum absolute atomic E-state index is 4.43. The summed E-state index contributed by atoms with van der Waals surface area (Å²) in [6, 6.07) is 17.5. The normalized spacial score (nSPS) is 17.2. The first-order chi connectivity index (χ1) is 13.5. The third-order valence-corrected chi connectivity index (χ3v) is 5.52. The largest absolute Gasteiger partial charge is 0.369 e. The van der Waals surface area contributed by atoms with E-state index < -0.39 is 0 Å². The lowest BCUT2D eigenvalue weighted by Gasteiger charge is -2.21. The Labute approximate surface area is 177 Å². The van der Waals surface area contributed by atoms with Crippen molar-refractivity contribution in [3.8, 4) is 0 Å². The van der Waals surface area contributed by atoms with Crippen LogP contribution in [0.15, 0.2) is 58.0 Å². The highest BCUT2D eigenvalue weighted by atomic mass is 79.9. The van der Waals surface area contributed by atoms with Crippen molar-refractivity contribution in [2.75, 3.05) is 39.1 Å². The standard InChI is InChI=1S/C22H30BrN5/c1-24-22(25-14-17-6-4-5-7-18(17)15-27(2)3)26-20-12-13-28(16-20)21-10-8-19(23)9-11-21/h4-11,20H,12-16H2,1-3H3,(H2,24,25,26). The summed E-state index contributed by atoms with van der Waals surface area (Å²) in [5.41, 5.74) is 3.92. The van der Waals surface area contributed by atoms with Gasteiger partial charge in [-0.05, 0) is 55.9 Å². The van der Waals surface area contributed by atoms with Gasteiger partial charge < -0.3 is 20.4 Å². The molecule has 0 aliphatic carbocycles. The van der Waals surface area contributed by atoms with Crippen molar-refractivity contribution in [3.05, 3.63) is 64.1 Å². The molecule has 1 fully saturated rings. The van der Waals surface area contributed by atoms with Crippen molar-refractivity contribution < 1.29 is 0 Å². The number of rotatable bonds is 6. The van der Waals surface area contributed by atoms with Gasteiger partial charge in [0, 0.05) is 49.4 Å². The first-order valence-electron chi connectivity index (χ1n) is 9.74. The lowest BCUT2D eigenvalue weighted by Crippen LogP contribution is -2.44. The van der Waals surface area contributed by atoms with E-state index in [2.05, 4.69) is 104 Å². The predicted molar refractivity (Wildman–Crippen MR) is 122 cm³/mol.